The van der Waals surface area contributed by atoms with Gasteiger partial charge in [0.25, 0.3) is 11.5 Å². The van der Waals surface area contributed by atoms with Gasteiger partial charge in [-0.2, -0.15) is 0 Å². The number of anilines is 1. The standard InChI is InChI=1S/C34H38N6O6/c1-37-18-26(35-15-31(37)42)22-12-28(45-2)25(29(13-22)46-3)17-38-10-8-34(9-11-38)19-39(20-34)23-5-4-21-16-40(33(44)24(21)14-23)27-6-7-30(41)36-32(27)43/h4-5,12-15,18,27H,6-11,16-17,19-20H2,1-3H3,(H,36,41,43). The second-order valence-electron chi connectivity index (χ2n) is 13.0. The third-order valence-corrected chi connectivity index (χ3v) is 10.1. The molecule has 0 saturated carbocycles. The molecule has 12 heteroatoms. The van der Waals surface area contributed by atoms with Crippen molar-refractivity contribution in [2.45, 2.75) is 44.8 Å². The number of ether oxygens (including phenoxy) is 2. The molecule has 1 aromatic heterocycles. The van der Waals surface area contributed by atoms with E-state index in [0.29, 0.717) is 30.8 Å². The van der Waals surface area contributed by atoms with Crippen LogP contribution < -0.4 is 25.2 Å². The number of carbonyl (C=O) groups excluding carboxylic acids is 3. The number of imide groups is 1. The zero-order valence-electron chi connectivity index (χ0n) is 26.4. The molecule has 1 spiro atoms. The highest BCUT2D eigenvalue weighted by Gasteiger charge is 2.46. The van der Waals surface area contributed by atoms with Crippen molar-refractivity contribution >= 4 is 23.4 Å². The minimum absolute atomic E-state index is 0.139. The van der Waals surface area contributed by atoms with E-state index in [-0.39, 0.29) is 35.1 Å². The average molecular weight is 627 g/mol. The summed E-state index contributed by atoms with van der Waals surface area (Å²) in [6, 6.07) is 9.35. The number of rotatable bonds is 7. The summed E-state index contributed by atoms with van der Waals surface area (Å²) in [4.78, 5) is 59.8. The van der Waals surface area contributed by atoms with Gasteiger partial charge in [0.05, 0.1) is 31.7 Å². The summed E-state index contributed by atoms with van der Waals surface area (Å²) in [6.07, 6.45) is 5.77. The molecule has 0 bridgehead atoms. The predicted molar refractivity (Wildman–Crippen MR) is 170 cm³/mol. The van der Waals surface area contributed by atoms with E-state index in [0.717, 1.165) is 72.9 Å². The lowest BCUT2D eigenvalue weighted by atomic mass is 9.71. The lowest BCUT2D eigenvalue weighted by Crippen LogP contribution is -2.60. The molecule has 2 aromatic carbocycles. The number of nitrogens with zero attached hydrogens (tertiary/aromatic N) is 5. The van der Waals surface area contributed by atoms with Crippen molar-refractivity contribution in [3.05, 3.63) is 69.8 Å². The molecule has 3 amide bonds. The monoisotopic (exact) mass is 626 g/mol. The Balaban J connectivity index is 0.981. The quantitative estimate of drug-likeness (QED) is 0.394. The Morgan fingerprint density at radius 3 is 2.37 bits per heavy atom. The number of aromatic nitrogens is 2. The molecule has 4 aliphatic heterocycles. The number of amides is 3. The smallest absolute Gasteiger partial charge is 0.268 e. The molecule has 0 aliphatic carbocycles. The van der Waals surface area contributed by atoms with Crippen molar-refractivity contribution in [1.29, 1.82) is 0 Å². The molecule has 1 N–H and O–H groups in total. The molecule has 240 valence electrons. The number of hydrogen-bond donors (Lipinski definition) is 1. The van der Waals surface area contributed by atoms with Crippen molar-refractivity contribution in [1.82, 2.24) is 24.7 Å². The van der Waals surface area contributed by atoms with Crippen LogP contribution in [-0.2, 0) is 29.7 Å². The average Bonchev–Trinajstić information content (AvgIpc) is 3.36. The van der Waals surface area contributed by atoms with Crippen LogP contribution in [0.15, 0.2) is 47.5 Å². The number of likely N-dealkylation sites (tertiary alicyclic amines) is 1. The first kappa shape index (κ1) is 30.0. The lowest BCUT2D eigenvalue weighted by molar-refractivity contribution is -0.136. The number of fused-ring (bicyclic) bond motifs is 1. The van der Waals surface area contributed by atoms with Crippen molar-refractivity contribution < 1.29 is 23.9 Å². The second kappa shape index (κ2) is 11.6. The normalized spacial score (nSPS) is 20.8. The summed E-state index contributed by atoms with van der Waals surface area (Å²) in [5, 5.41) is 2.37. The van der Waals surface area contributed by atoms with Gasteiger partial charge in [-0.3, -0.25) is 29.4 Å². The molecule has 12 nitrogen and oxygen atoms in total. The molecule has 46 heavy (non-hydrogen) atoms. The maximum atomic E-state index is 13.3. The first-order valence-corrected chi connectivity index (χ1v) is 15.7. The lowest BCUT2D eigenvalue weighted by Gasteiger charge is -2.55. The number of benzene rings is 2. The molecule has 1 unspecified atom stereocenters. The number of methoxy groups -OCH3 is 2. The number of nitrogens with one attached hydrogen (secondary N) is 1. The number of hydrogen-bond acceptors (Lipinski definition) is 9. The summed E-state index contributed by atoms with van der Waals surface area (Å²) in [5.41, 5.74) is 5.15. The third-order valence-electron chi connectivity index (χ3n) is 10.1. The van der Waals surface area contributed by atoms with Gasteiger partial charge >= 0.3 is 0 Å². The Hall–Kier alpha value is -4.71. The van der Waals surface area contributed by atoms with E-state index >= 15 is 0 Å². The highest BCUT2D eigenvalue weighted by Crippen LogP contribution is 2.44. The Morgan fingerprint density at radius 2 is 1.72 bits per heavy atom. The molecule has 3 saturated heterocycles. The molecule has 3 fully saturated rings. The van der Waals surface area contributed by atoms with Gasteiger partial charge in [-0.1, -0.05) is 6.07 Å². The number of piperidine rings is 2. The van der Waals surface area contributed by atoms with Crippen LogP contribution in [0.2, 0.25) is 0 Å². The van der Waals surface area contributed by atoms with E-state index in [1.54, 1.807) is 32.4 Å². The topological polar surface area (TPSA) is 126 Å². The van der Waals surface area contributed by atoms with Crippen LogP contribution in [0.1, 0.15) is 47.2 Å². The minimum atomic E-state index is -0.603. The van der Waals surface area contributed by atoms with Crippen LogP contribution in [0.4, 0.5) is 5.69 Å². The van der Waals surface area contributed by atoms with Crippen LogP contribution in [0.25, 0.3) is 11.3 Å². The summed E-state index contributed by atoms with van der Waals surface area (Å²) < 4.78 is 13.1. The van der Waals surface area contributed by atoms with Crippen molar-refractivity contribution in [2.24, 2.45) is 12.5 Å². The molecular formula is C34H38N6O6. The van der Waals surface area contributed by atoms with Gasteiger partial charge in [-0.05, 0) is 62.2 Å². The maximum Gasteiger partial charge on any atom is 0.268 e. The van der Waals surface area contributed by atoms with Crippen molar-refractivity contribution in [3.8, 4) is 22.8 Å². The summed E-state index contributed by atoms with van der Waals surface area (Å²) in [6.45, 7) is 4.88. The van der Waals surface area contributed by atoms with Crippen molar-refractivity contribution in [3.63, 3.8) is 0 Å². The molecule has 3 aromatic rings. The van der Waals surface area contributed by atoms with E-state index in [9.17, 15) is 19.2 Å². The Bertz CT molecular complexity index is 1760. The van der Waals surface area contributed by atoms with Gasteiger partial charge in [0.1, 0.15) is 17.5 Å². The first-order valence-electron chi connectivity index (χ1n) is 15.7. The van der Waals surface area contributed by atoms with Crippen LogP contribution in [0.3, 0.4) is 0 Å². The maximum absolute atomic E-state index is 13.3. The number of aryl methyl sites for hydroxylation is 1. The first-order chi connectivity index (χ1) is 22.2. The fourth-order valence-electron chi connectivity index (χ4n) is 7.34. The van der Waals surface area contributed by atoms with Gasteiger partial charge in [-0.25, -0.2) is 4.98 Å². The zero-order valence-corrected chi connectivity index (χ0v) is 26.4. The Labute approximate surface area is 266 Å². The molecule has 4 aliphatic rings. The van der Waals surface area contributed by atoms with Crippen molar-refractivity contribution in [2.75, 3.05) is 45.3 Å². The molecule has 5 heterocycles. The minimum Gasteiger partial charge on any atom is -0.496 e. The fourth-order valence-corrected chi connectivity index (χ4v) is 7.34. The summed E-state index contributed by atoms with van der Waals surface area (Å²) in [5.74, 6) is 0.640. The highest BCUT2D eigenvalue weighted by atomic mass is 16.5. The molecule has 1 atom stereocenters. The molecule has 0 radical (unpaired) electrons. The summed E-state index contributed by atoms with van der Waals surface area (Å²) in [7, 11) is 5.01. The second-order valence-corrected chi connectivity index (χ2v) is 13.0. The SMILES string of the molecule is COc1cc(-c2cn(C)c(=O)cn2)cc(OC)c1CN1CCC2(CC1)CN(c1ccc3c(c1)C(=O)N(C1CCC(=O)NC1=O)C3)C2. The predicted octanol–water partition coefficient (Wildman–Crippen LogP) is 2.33. The highest BCUT2D eigenvalue weighted by molar-refractivity contribution is 6.05. The van der Waals surface area contributed by atoms with Crippen LogP contribution >= 0.6 is 0 Å². The van der Waals surface area contributed by atoms with E-state index in [1.807, 2.05) is 24.3 Å². The molecular weight excluding hydrogens is 588 g/mol. The third kappa shape index (κ3) is 5.30. The largest absolute Gasteiger partial charge is 0.496 e. The van der Waals surface area contributed by atoms with Crippen LogP contribution in [-0.4, -0.2) is 83.5 Å². The van der Waals surface area contributed by atoms with Gasteiger partial charge in [-0.15, -0.1) is 0 Å². The van der Waals surface area contributed by atoms with Gasteiger partial charge in [0.15, 0.2) is 0 Å². The Kier molecular flexibility index (Phi) is 7.54. The molecule has 7 rings (SSSR count). The fraction of sp³-hybridized carbons (Fsp3) is 0.441. The van der Waals surface area contributed by atoms with Crippen LogP contribution in [0, 0.1) is 5.41 Å². The van der Waals surface area contributed by atoms with E-state index in [1.165, 1.54) is 10.8 Å². The van der Waals surface area contributed by atoms with E-state index < -0.39 is 6.04 Å². The van der Waals surface area contributed by atoms with Gasteiger partial charge < -0.3 is 23.8 Å². The number of carbonyl (C=O) groups is 3. The zero-order chi connectivity index (χ0) is 32.2. The van der Waals surface area contributed by atoms with Gasteiger partial charge in [0.2, 0.25) is 11.8 Å². The summed E-state index contributed by atoms with van der Waals surface area (Å²) >= 11 is 0. The van der Waals surface area contributed by atoms with E-state index in [2.05, 4.69) is 26.2 Å². The van der Waals surface area contributed by atoms with Gasteiger partial charge in [0, 0.05) is 68.1 Å². The van der Waals surface area contributed by atoms with E-state index in [4.69, 9.17) is 9.47 Å². The Morgan fingerprint density at radius 1 is 1.00 bits per heavy atom. The van der Waals surface area contributed by atoms with Crippen LogP contribution in [0.5, 0.6) is 11.5 Å².